The third kappa shape index (κ3) is 5.46. The number of nitrogens with zero attached hydrogens (tertiary/aromatic N) is 3. The molecule has 3 nitrogen and oxygen atoms in total. The Labute approximate surface area is 108 Å². The Morgan fingerprint density at radius 3 is 2.50 bits per heavy atom. The molecule has 0 spiro atoms. The quantitative estimate of drug-likeness (QED) is 0.709. The number of nitriles is 1. The van der Waals surface area contributed by atoms with Gasteiger partial charge in [-0.25, -0.2) is 8.78 Å². The van der Waals surface area contributed by atoms with Gasteiger partial charge in [0, 0.05) is 51.8 Å². The SMILES string of the molecule is CN(C)/C=C(\C#N)CCCN1CCC(F)(F)CC1. The zero-order valence-electron chi connectivity index (χ0n) is 11.1. The maximum Gasteiger partial charge on any atom is 0.250 e. The Kier molecular flexibility index (Phi) is 5.54. The predicted molar refractivity (Wildman–Crippen MR) is 67.2 cm³/mol. The summed E-state index contributed by atoms with van der Waals surface area (Å²) < 4.78 is 25.9. The van der Waals surface area contributed by atoms with Gasteiger partial charge in [0.15, 0.2) is 0 Å². The number of rotatable bonds is 5. The van der Waals surface area contributed by atoms with Crippen LogP contribution in [0.1, 0.15) is 25.7 Å². The summed E-state index contributed by atoms with van der Waals surface area (Å²) in [6.07, 6.45) is 3.29. The number of likely N-dealkylation sites (tertiary alicyclic amines) is 1. The number of alkyl halides is 2. The van der Waals surface area contributed by atoms with Crippen molar-refractivity contribution in [1.82, 2.24) is 9.80 Å². The smallest absolute Gasteiger partial charge is 0.250 e. The van der Waals surface area contributed by atoms with Gasteiger partial charge in [-0.2, -0.15) is 5.26 Å². The van der Waals surface area contributed by atoms with Gasteiger partial charge in [0.2, 0.25) is 0 Å². The molecule has 0 amide bonds. The van der Waals surface area contributed by atoms with Crippen LogP contribution in [0.15, 0.2) is 11.8 Å². The summed E-state index contributed by atoms with van der Waals surface area (Å²) in [6, 6.07) is 2.17. The summed E-state index contributed by atoms with van der Waals surface area (Å²) in [6.45, 7) is 1.72. The number of piperidine rings is 1. The van der Waals surface area contributed by atoms with Crippen LogP contribution in [-0.4, -0.2) is 49.5 Å². The number of halogens is 2. The van der Waals surface area contributed by atoms with Crippen LogP contribution in [-0.2, 0) is 0 Å². The molecule has 0 aliphatic carbocycles. The first-order valence-electron chi connectivity index (χ1n) is 6.30. The third-order valence-electron chi connectivity index (χ3n) is 3.07. The van der Waals surface area contributed by atoms with Crippen molar-refractivity contribution < 1.29 is 8.78 Å². The lowest BCUT2D eigenvalue weighted by molar-refractivity contribution is -0.0551. The first-order chi connectivity index (χ1) is 8.43. The lowest BCUT2D eigenvalue weighted by atomic mass is 10.1. The van der Waals surface area contributed by atoms with Crippen LogP contribution in [0.4, 0.5) is 8.78 Å². The normalized spacial score (nSPS) is 20.5. The second-order valence-corrected chi connectivity index (χ2v) is 5.03. The second-order valence-electron chi connectivity index (χ2n) is 5.03. The predicted octanol–water partition coefficient (Wildman–Crippen LogP) is 2.47. The number of hydrogen-bond donors (Lipinski definition) is 0. The maximum atomic E-state index is 12.9. The van der Waals surface area contributed by atoms with Crippen molar-refractivity contribution >= 4 is 0 Å². The molecular weight excluding hydrogens is 236 g/mol. The van der Waals surface area contributed by atoms with Crippen LogP contribution in [0, 0.1) is 11.3 Å². The van der Waals surface area contributed by atoms with Crippen molar-refractivity contribution in [3.63, 3.8) is 0 Å². The van der Waals surface area contributed by atoms with Gasteiger partial charge in [-0.05, 0) is 19.4 Å². The zero-order chi connectivity index (χ0) is 13.6. The summed E-state index contributed by atoms with van der Waals surface area (Å²) in [5.74, 6) is -2.47. The van der Waals surface area contributed by atoms with Gasteiger partial charge in [0.05, 0.1) is 6.07 Å². The van der Waals surface area contributed by atoms with Crippen molar-refractivity contribution in [1.29, 1.82) is 5.26 Å². The molecule has 0 aromatic heterocycles. The van der Waals surface area contributed by atoms with Crippen molar-refractivity contribution in [3.05, 3.63) is 11.8 Å². The van der Waals surface area contributed by atoms with E-state index in [1.165, 1.54) is 0 Å². The molecule has 0 saturated carbocycles. The van der Waals surface area contributed by atoms with Crippen LogP contribution in [0.2, 0.25) is 0 Å². The average Bonchev–Trinajstić information content (AvgIpc) is 2.29. The summed E-state index contributed by atoms with van der Waals surface area (Å²) in [5.41, 5.74) is 0.738. The fourth-order valence-electron chi connectivity index (χ4n) is 2.06. The second kappa shape index (κ2) is 6.69. The van der Waals surface area contributed by atoms with Crippen molar-refractivity contribution in [2.75, 3.05) is 33.7 Å². The molecule has 1 heterocycles. The van der Waals surface area contributed by atoms with Gasteiger partial charge in [0.1, 0.15) is 0 Å². The van der Waals surface area contributed by atoms with E-state index in [2.05, 4.69) is 11.0 Å². The van der Waals surface area contributed by atoms with E-state index >= 15 is 0 Å². The van der Waals surface area contributed by atoms with E-state index in [0.717, 1.165) is 18.5 Å². The largest absolute Gasteiger partial charge is 0.383 e. The lowest BCUT2D eigenvalue weighted by Gasteiger charge is -2.31. The molecular formula is C13H21F2N3. The molecule has 0 aromatic carbocycles. The van der Waals surface area contributed by atoms with E-state index in [0.29, 0.717) is 19.5 Å². The molecule has 0 N–H and O–H groups in total. The summed E-state index contributed by atoms with van der Waals surface area (Å²) >= 11 is 0. The van der Waals surface area contributed by atoms with Crippen molar-refractivity contribution in [3.8, 4) is 6.07 Å². The topological polar surface area (TPSA) is 30.3 Å². The molecule has 0 unspecified atom stereocenters. The van der Waals surface area contributed by atoms with Gasteiger partial charge in [-0.3, -0.25) is 0 Å². The summed E-state index contributed by atoms with van der Waals surface area (Å²) in [5, 5.41) is 8.92. The zero-order valence-corrected chi connectivity index (χ0v) is 11.1. The molecule has 102 valence electrons. The Hall–Kier alpha value is -1.15. The Morgan fingerprint density at radius 2 is 2.00 bits per heavy atom. The molecule has 1 aliphatic heterocycles. The van der Waals surface area contributed by atoms with E-state index < -0.39 is 5.92 Å². The highest BCUT2D eigenvalue weighted by atomic mass is 19.3. The van der Waals surface area contributed by atoms with Crippen LogP contribution < -0.4 is 0 Å². The molecule has 1 rings (SSSR count). The fraction of sp³-hybridized carbons (Fsp3) is 0.769. The molecule has 1 saturated heterocycles. The van der Waals surface area contributed by atoms with Gasteiger partial charge in [0.25, 0.3) is 5.92 Å². The summed E-state index contributed by atoms with van der Waals surface area (Å²) in [7, 11) is 3.76. The molecule has 0 aromatic rings. The van der Waals surface area contributed by atoms with Gasteiger partial charge < -0.3 is 9.80 Å². The average molecular weight is 257 g/mol. The minimum absolute atomic E-state index is 0.0361. The number of allylic oxidation sites excluding steroid dienone is 1. The molecule has 18 heavy (non-hydrogen) atoms. The highest BCUT2D eigenvalue weighted by Gasteiger charge is 2.33. The van der Waals surface area contributed by atoms with E-state index in [1.807, 2.05) is 25.2 Å². The molecule has 1 aliphatic rings. The Bertz CT molecular complexity index is 322. The Balaban J connectivity index is 2.25. The van der Waals surface area contributed by atoms with E-state index in [1.54, 1.807) is 0 Å². The van der Waals surface area contributed by atoms with E-state index in [9.17, 15) is 8.78 Å². The van der Waals surface area contributed by atoms with Crippen LogP contribution in [0.25, 0.3) is 0 Å². The van der Waals surface area contributed by atoms with Crippen LogP contribution >= 0.6 is 0 Å². The van der Waals surface area contributed by atoms with E-state index in [4.69, 9.17) is 5.26 Å². The highest BCUT2D eigenvalue weighted by Crippen LogP contribution is 2.27. The minimum atomic E-state index is -2.47. The van der Waals surface area contributed by atoms with Crippen molar-refractivity contribution in [2.45, 2.75) is 31.6 Å². The Morgan fingerprint density at radius 1 is 1.39 bits per heavy atom. The fourth-order valence-corrected chi connectivity index (χ4v) is 2.06. The minimum Gasteiger partial charge on any atom is -0.383 e. The number of hydrogen-bond acceptors (Lipinski definition) is 3. The van der Waals surface area contributed by atoms with Crippen molar-refractivity contribution in [2.24, 2.45) is 0 Å². The first-order valence-corrected chi connectivity index (χ1v) is 6.30. The highest BCUT2D eigenvalue weighted by molar-refractivity contribution is 5.19. The van der Waals surface area contributed by atoms with E-state index in [-0.39, 0.29) is 12.8 Å². The summed E-state index contributed by atoms with van der Waals surface area (Å²) in [4.78, 5) is 3.90. The standard InChI is InChI=1S/C13H21F2N3/c1-17(2)11-12(10-16)4-3-7-18-8-5-13(14,15)6-9-18/h11H,3-9H2,1-2H3/b12-11-. The monoisotopic (exact) mass is 257 g/mol. The van der Waals surface area contributed by atoms with Crippen LogP contribution in [0.5, 0.6) is 0 Å². The van der Waals surface area contributed by atoms with Gasteiger partial charge >= 0.3 is 0 Å². The third-order valence-corrected chi connectivity index (χ3v) is 3.07. The first kappa shape index (κ1) is 14.9. The molecule has 1 fully saturated rings. The molecule has 0 radical (unpaired) electrons. The van der Waals surface area contributed by atoms with Crippen LogP contribution in [0.3, 0.4) is 0 Å². The lowest BCUT2D eigenvalue weighted by Crippen LogP contribution is -2.39. The van der Waals surface area contributed by atoms with Gasteiger partial charge in [-0.15, -0.1) is 0 Å². The molecule has 0 atom stereocenters. The maximum absolute atomic E-state index is 12.9. The molecule has 0 bridgehead atoms. The van der Waals surface area contributed by atoms with Gasteiger partial charge in [-0.1, -0.05) is 0 Å². The molecule has 5 heteroatoms.